The number of hydrogen-bond donors (Lipinski definition) is 2. The molecule has 4 aliphatic rings. The molecule has 3 heteroatoms. The Hall–Kier alpha value is -0.120. The second kappa shape index (κ2) is 4.70. The van der Waals surface area contributed by atoms with Crippen LogP contribution in [0.4, 0.5) is 0 Å². The summed E-state index contributed by atoms with van der Waals surface area (Å²) in [7, 11) is 0. The molecule has 0 aromatic rings. The van der Waals surface area contributed by atoms with Crippen LogP contribution in [0.2, 0.25) is 0 Å². The van der Waals surface area contributed by atoms with E-state index in [-0.39, 0.29) is 11.5 Å². The summed E-state index contributed by atoms with van der Waals surface area (Å²) < 4.78 is 6.42. The quantitative estimate of drug-likeness (QED) is 0.723. The van der Waals surface area contributed by atoms with Crippen LogP contribution in [0.3, 0.4) is 0 Å². The lowest BCUT2D eigenvalue weighted by molar-refractivity contribution is -0.224. The first-order valence-electron chi connectivity index (χ1n) is 9.30. The molecule has 22 heavy (non-hydrogen) atoms. The fourth-order valence-electron chi connectivity index (χ4n) is 6.63. The van der Waals surface area contributed by atoms with Gasteiger partial charge in [-0.05, 0) is 75.0 Å². The third-order valence-corrected chi connectivity index (χ3v) is 8.60. The summed E-state index contributed by atoms with van der Waals surface area (Å²) >= 11 is 0. The minimum Gasteiger partial charge on any atom is -0.393 e. The SMILES string of the molecule is CC1(O)CC[C@H]2[C@@H]3OCC4CC(O)CC[C@]4(C)[C@@H]3CC[C@@]21C. The zero-order valence-electron chi connectivity index (χ0n) is 14.3. The van der Waals surface area contributed by atoms with Gasteiger partial charge in [0.05, 0.1) is 24.4 Å². The molecule has 126 valence electrons. The van der Waals surface area contributed by atoms with E-state index in [0.717, 1.165) is 45.1 Å². The Morgan fingerprint density at radius 1 is 0.955 bits per heavy atom. The van der Waals surface area contributed by atoms with Gasteiger partial charge in [0.1, 0.15) is 0 Å². The largest absolute Gasteiger partial charge is 0.393 e. The molecule has 0 radical (unpaired) electrons. The maximum absolute atomic E-state index is 10.9. The highest BCUT2D eigenvalue weighted by atomic mass is 16.5. The van der Waals surface area contributed by atoms with Gasteiger partial charge in [0, 0.05) is 5.41 Å². The molecule has 0 spiro atoms. The Morgan fingerprint density at radius 3 is 2.45 bits per heavy atom. The van der Waals surface area contributed by atoms with E-state index in [1.165, 1.54) is 6.42 Å². The smallest absolute Gasteiger partial charge is 0.0676 e. The Labute approximate surface area is 134 Å². The van der Waals surface area contributed by atoms with Gasteiger partial charge in [-0.3, -0.25) is 0 Å². The highest BCUT2D eigenvalue weighted by molar-refractivity contribution is 5.13. The number of aliphatic hydroxyl groups excluding tert-OH is 1. The number of rotatable bonds is 0. The zero-order valence-corrected chi connectivity index (χ0v) is 14.3. The summed E-state index contributed by atoms with van der Waals surface area (Å²) in [5, 5.41) is 20.9. The van der Waals surface area contributed by atoms with Crippen molar-refractivity contribution in [3.8, 4) is 0 Å². The molecule has 0 bridgehead atoms. The van der Waals surface area contributed by atoms with E-state index in [2.05, 4.69) is 13.8 Å². The summed E-state index contributed by atoms with van der Waals surface area (Å²) in [6.45, 7) is 7.60. The molecule has 4 rings (SSSR count). The Kier molecular flexibility index (Phi) is 3.30. The molecule has 1 heterocycles. The third kappa shape index (κ3) is 1.85. The lowest BCUT2D eigenvalue weighted by atomic mass is 9.50. The van der Waals surface area contributed by atoms with Crippen molar-refractivity contribution in [2.24, 2.45) is 28.6 Å². The number of fused-ring (bicyclic) bond motifs is 5. The van der Waals surface area contributed by atoms with Crippen LogP contribution >= 0.6 is 0 Å². The van der Waals surface area contributed by atoms with Gasteiger partial charge in [0.2, 0.25) is 0 Å². The van der Waals surface area contributed by atoms with Crippen LogP contribution in [0, 0.1) is 28.6 Å². The summed E-state index contributed by atoms with van der Waals surface area (Å²) in [5.74, 6) is 1.64. The van der Waals surface area contributed by atoms with Gasteiger partial charge in [-0.25, -0.2) is 0 Å². The predicted molar refractivity (Wildman–Crippen MR) is 85.4 cm³/mol. The molecule has 1 saturated heterocycles. The van der Waals surface area contributed by atoms with Crippen LogP contribution in [-0.2, 0) is 4.74 Å². The normalized spacial score (nSPS) is 61.2. The summed E-state index contributed by atoms with van der Waals surface area (Å²) in [5.41, 5.74) is -0.185. The first-order valence-corrected chi connectivity index (χ1v) is 9.30. The summed E-state index contributed by atoms with van der Waals surface area (Å²) in [6, 6.07) is 0. The molecular formula is C19H32O3. The van der Waals surface area contributed by atoms with Gasteiger partial charge in [0.15, 0.2) is 0 Å². The molecule has 0 aromatic heterocycles. The fourth-order valence-corrected chi connectivity index (χ4v) is 6.63. The summed E-state index contributed by atoms with van der Waals surface area (Å²) in [6.07, 6.45) is 7.53. The van der Waals surface area contributed by atoms with Crippen LogP contribution in [-0.4, -0.2) is 34.6 Å². The number of hydrogen-bond acceptors (Lipinski definition) is 3. The Morgan fingerprint density at radius 2 is 1.68 bits per heavy atom. The molecule has 3 saturated carbocycles. The van der Waals surface area contributed by atoms with E-state index in [1.807, 2.05) is 6.92 Å². The monoisotopic (exact) mass is 308 g/mol. The van der Waals surface area contributed by atoms with E-state index in [0.29, 0.717) is 29.3 Å². The second-order valence-electron chi connectivity index (χ2n) is 9.41. The van der Waals surface area contributed by atoms with Crippen molar-refractivity contribution in [3.63, 3.8) is 0 Å². The van der Waals surface area contributed by atoms with Gasteiger partial charge < -0.3 is 14.9 Å². The molecule has 4 fully saturated rings. The molecule has 3 aliphatic carbocycles. The van der Waals surface area contributed by atoms with Crippen molar-refractivity contribution < 1.29 is 14.9 Å². The average molecular weight is 308 g/mol. The van der Waals surface area contributed by atoms with E-state index in [1.54, 1.807) is 0 Å². The molecule has 3 nitrogen and oxygen atoms in total. The van der Waals surface area contributed by atoms with Crippen molar-refractivity contribution >= 4 is 0 Å². The second-order valence-corrected chi connectivity index (χ2v) is 9.41. The first kappa shape index (κ1) is 15.4. The molecule has 8 atom stereocenters. The minimum atomic E-state index is -0.535. The maximum atomic E-state index is 10.9. The molecule has 1 aliphatic heterocycles. The van der Waals surface area contributed by atoms with E-state index < -0.39 is 5.60 Å². The number of ether oxygens (including phenoxy) is 1. The zero-order chi connectivity index (χ0) is 15.8. The minimum absolute atomic E-state index is 0.0194. The molecule has 3 unspecified atom stereocenters. The van der Waals surface area contributed by atoms with Gasteiger partial charge >= 0.3 is 0 Å². The van der Waals surface area contributed by atoms with Crippen molar-refractivity contribution in [2.75, 3.05) is 6.61 Å². The van der Waals surface area contributed by atoms with E-state index >= 15 is 0 Å². The van der Waals surface area contributed by atoms with Crippen LogP contribution in [0.15, 0.2) is 0 Å². The van der Waals surface area contributed by atoms with Gasteiger partial charge in [-0.1, -0.05) is 13.8 Å². The maximum Gasteiger partial charge on any atom is 0.0676 e. The molecule has 0 aromatic carbocycles. The van der Waals surface area contributed by atoms with Crippen LogP contribution < -0.4 is 0 Å². The van der Waals surface area contributed by atoms with Crippen molar-refractivity contribution in [1.29, 1.82) is 0 Å². The van der Waals surface area contributed by atoms with Gasteiger partial charge in [0.25, 0.3) is 0 Å². The topological polar surface area (TPSA) is 49.7 Å². The van der Waals surface area contributed by atoms with Gasteiger partial charge in [-0.15, -0.1) is 0 Å². The van der Waals surface area contributed by atoms with Gasteiger partial charge in [-0.2, -0.15) is 0 Å². The van der Waals surface area contributed by atoms with Crippen LogP contribution in [0.5, 0.6) is 0 Å². The molecule has 0 amide bonds. The van der Waals surface area contributed by atoms with Crippen LogP contribution in [0.1, 0.15) is 65.7 Å². The Bertz CT molecular complexity index is 462. The molecule has 2 N–H and O–H groups in total. The molecular weight excluding hydrogens is 276 g/mol. The van der Waals surface area contributed by atoms with Crippen molar-refractivity contribution in [3.05, 3.63) is 0 Å². The lowest BCUT2D eigenvalue weighted by Crippen LogP contribution is -2.60. The van der Waals surface area contributed by atoms with E-state index in [4.69, 9.17) is 4.74 Å². The lowest BCUT2D eigenvalue weighted by Gasteiger charge is -2.60. The standard InChI is InChI=1S/C19H32O3/c1-17-7-4-13(20)10-12(17)11-22-16-14(17)5-8-18(2)15(16)6-9-19(18,3)21/h12-16,20-21H,4-11H2,1-3H3/t12?,13?,14-,15+,16-,17+,18+,19?/m1/s1. The third-order valence-electron chi connectivity index (χ3n) is 8.60. The number of aliphatic hydroxyl groups is 2. The average Bonchev–Trinajstić information content (AvgIpc) is 2.70. The van der Waals surface area contributed by atoms with Crippen LogP contribution in [0.25, 0.3) is 0 Å². The first-order chi connectivity index (χ1) is 10.3. The van der Waals surface area contributed by atoms with Crippen molar-refractivity contribution in [2.45, 2.75) is 83.5 Å². The fraction of sp³-hybridized carbons (Fsp3) is 1.00. The predicted octanol–water partition coefficient (Wildman–Crippen LogP) is 3.13. The summed E-state index contributed by atoms with van der Waals surface area (Å²) in [4.78, 5) is 0. The highest BCUT2D eigenvalue weighted by Gasteiger charge is 2.64. The van der Waals surface area contributed by atoms with E-state index in [9.17, 15) is 10.2 Å². The highest BCUT2D eigenvalue weighted by Crippen LogP contribution is 2.64. The van der Waals surface area contributed by atoms with Crippen molar-refractivity contribution in [1.82, 2.24) is 0 Å². The Balaban J connectivity index is 1.64.